The van der Waals surface area contributed by atoms with Crippen LogP contribution in [-0.4, -0.2) is 49.5 Å². The highest BCUT2D eigenvalue weighted by molar-refractivity contribution is 7.10. The van der Waals surface area contributed by atoms with Crippen molar-refractivity contribution in [3.05, 3.63) is 46.3 Å². The molecule has 3 rings (SSSR count). The molecule has 1 atom stereocenters. The van der Waals surface area contributed by atoms with Crippen LogP contribution in [-0.2, 0) is 0 Å². The first-order valence-corrected chi connectivity index (χ1v) is 9.22. The first-order valence-electron chi connectivity index (χ1n) is 8.34. The summed E-state index contributed by atoms with van der Waals surface area (Å²) in [5.41, 5.74) is 0.653. The predicted octanol–water partition coefficient (Wildman–Crippen LogP) is 2.78. The molecule has 1 unspecified atom stereocenters. The van der Waals surface area contributed by atoms with Gasteiger partial charge in [-0.25, -0.2) is 4.98 Å². The summed E-state index contributed by atoms with van der Waals surface area (Å²) in [6.45, 7) is 2.86. The Labute approximate surface area is 147 Å². The van der Waals surface area contributed by atoms with Crippen LogP contribution in [0.5, 0.6) is 0 Å². The summed E-state index contributed by atoms with van der Waals surface area (Å²) in [4.78, 5) is 22.5. The lowest BCUT2D eigenvalue weighted by Gasteiger charge is -2.27. The molecule has 0 radical (unpaired) electrons. The van der Waals surface area contributed by atoms with Crippen LogP contribution in [0.4, 0.5) is 5.82 Å². The van der Waals surface area contributed by atoms with Crippen molar-refractivity contribution < 1.29 is 4.79 Å². The number of pyridine rings is 1. The second-order valence-corrected chi connectivity index (χ2v) is 7.26. The van der Waals surface area contributed by atoms with Crippen LogP contribution in [0.25, 0.3) is 0 Å². The van der Waals surface area contributed by atoms with Gasteiger partial charge < -0.3 is 10.2 Å². The van der Waals surface area contributed by atoms with E-state index in [1.54, 1.807) is 23.6 Å². The molecule has 0 bridgehead atoms. The number of aromatic nitrogens is 1. The Morgan fingerprint density at radius 3 is 2.83 bits per heavy atom. The second-order valence-electron chi connectivity index (χ2n) is 6.28. The van der Waals surface area contributed by atoms with Gasteiger partial charge in [-0.1, -0.05) is 6.07 Å². The van der Waals surface area contributed by atoms with E-state index in [4.69, 9.17) is 0 Å². The van der Waals surface area contributed by atoms with E-state index in [9.17, 15) is 4.79 Å². The number of amides is 1. The number of nitrogens with one attached hydrogen (secondary N) is 1. The van der Waals surface area contributed by atoms with E-state index in [1.807, 2.05) is 25.1 Å². The molecule has 1 saturated heterocycles. The van der Waals surface area contributed by atoms with Gasteiger partial charge in [0.25, 0.3) is 5.91 Å². The molecule has 5 nitrogen and oxygen atoms in total. The smallest absolute Gasteiger partial charge is 0.251 e. The second kappa shape index (κ2) is 7.77. The van der Waals surface area contributed by atoms with Gasteiger partial charge in [-0.3, -0.25) is 9.69 Å². The quantitative estimate of drug-likeness (QED) is 0.875. The van der Waals surface area contributed by atoms with Crippen LogP contribution in [0, 0.1) is 0 Å². The summed E-state index contributed by atoms with van der Waals surface area (Å²) < 4.78 is 0. The third kappa shape index (κ3) is 3.94. The minimum absolute atomic E-state index is 0.0405. The fraction of sp³-hybridized carbons (Fsp3) is 0.444. The first kappa shape index (κ1) is 16.9. The zero-order chi connectivity index (χ0) is 16.9. The number of hydrogen-bond donors (Lipinski definition) is 1. The standard InChI is InChI=1S/C18H24N4OS/c1-21(2)17-12-14(7-8-19-17)18(23)20-13-15(16-6-5-11-24-16)22-9-3-4-10-22/h5-8,11-12,15H,3-4,9-10,13H2,1-2H3,(H,20,23). The molecular weight excluding hydrogens is 320 g/mol. The zero-order valence-corrected chi connectivity index (χ0v) is 15.1. The van der Waals surface area contributed by atoms with Crippen molar-refractivity contribution >= 4 is 23.1 Å². The van der Waals surface area contributed by atoms with E-state index < -0.39 is 0 Å². The molecule has 0 saturated carbocycles. The summed E-state index contributed by atoms with van der Waals surface area (Å²) in [6.07, 6.45) is 4.17. The van der Waals surface area contributed by atoms with Crippen molar-refractivity contribution in [3.8, 4) is 0 Å². The molecule has 2 aromatic rings. The number of thiophene rings is 1. The summed E-state index contributed by atoms with van der Waals surface area (Å²) in [5.74, 6) is 0.748. The monoisotopic (exact) mass is 344 g/mol. The van der Waals surface area contributed by atoms with Gasteiger partial charge in [0.2, 0.25) is 0 Å². The summed E-state index contributed by atoms with van der Waals surface area (Å²) in [5, 5.41) is 5.21. The molecule has 3 heterocycles. The average Bonchev–Trinajstić information content (AvgIpc) is 3.29. The van der Waals surface area contributed by atoms with Gasteiger partial charge in [0, 0.05) is 37.3 Å². The summed E-state index contributed by atoms with van der Waals surface area (Å²) in [6, 6.07) is 8.10. The largest absolute Gasteiger partial charge is 0.363 e. The number of rotatable bonds is 6. The van der Waals surface area contributed by atoms with E-state index >= 15 is 0 Å². The minimum atomic E-state index is -0.0405. The van der Waals surface area contributed by atoms with Crippen LogP contribution in [0.3, 0.4) is 0 Å². The number of carbonyl (C=O) groups excluding carboxylic acids is 1. The molecule has 0 aromatic carbocycles. The van der Waals surface area contributed by atoms with E-state index in [1.165, 1.54) is 17.7 Å². The highest BCUT2D eigenvalue weighted by Crippen LogP contribution is 2.27. The minimum Gasteiger partial charge on any atom is -0.363 e. The fourth-order valence-corrected chi connectivity index (χ4v) is 3.90. The van der Waals surface area contributed by atoms with Gasteiger partial charge in [-0.2, -0.15) is 0 Å². The molecular formula is C18H24N4OS. The Kier molecular flexibility index (Phi) is 5.48. The lowest BCUT2D eigenvalue weighted by atomic mass is 10.2. The van der Waals surface area contributed by atoms with Gasteiger partial charge in [0.1, 0.15) is 5.82 Å². The highest BCUT2D eigenvalue weighted by Gasteiger charge is 2.24. The van der Waals surface area contributed by atoms with E-state index in [2.05, 4.69) is 32.7 Å². The van der Waals surface area contributed by atoms with Crippen molar-refractivity contribution in [1.82, 2.24) is 15.2 Å². The van der Waals surface area contributed by atoms with Crippen LogP contribution in [0.15, 0.2) is 35.8 Å². The molecule has 1 N–H and O–H groups in total. The third-order valence-electron chi connectivity index (χ3n) is 4.37. The molecule has 1 aliphatic rings. The van der Waals surface area contributed by atoms with E-state index in [0.717, 1.165) is 18.9 Å². The Bertz CT molecular complexity index is 665. The number of anilines is 1. The van der Waals surface area contributed by atoms with Crippen molar-refractivity contribution in [2.75, 3.05) is 38.6 Å². The van der Waals surface area contributed by atoms with Gasteiger partial charge in [-0.15, -0.1) is 11.3 Å². The Balaban J connectivity index is 1.68. The average molecular weight is 344 g/mol. The molecule has 2 aromatic heterocycles. The SMILES string of the molecule is CN(C)c1cc(C(=O)NCC(c2cccs2)N2CCCC2)ccn1. The molecule has 1 fully saturated rings. The zero-order valence-electron chi connectivity index (χ0n) is 14.2. The van der Waals surface area contributed by atoms with E-state index in [0.29, 0.717) is 12.1 Å². The summed E-state index contributed by atoms with van der Waals surface area (Å²) >= 11 is 1.76. The molecule has 24 heavy (non-hydrogen) atoms. The van der Waals surface area contributed by atoms with Crippen molar-refractivity contribution in [2.45, 2.75) is 18.9 Å². The van der Waals surface area contributed by atoms with Gasteiger partial charge in [0.05, 0.1) is 6.04 Å². The number of likely N-dealkylation sites (tertiary alicyclic amines) is 1. The van der Waals surface area contributed by atoms with Crippen molar-refractivity contribution in [3.63, 3.8) is 0 Å². The Morgan fingerprint density at radius 1 is 1.38 bits per heavy atom. The topological polar surface area (TPSA) is 48.5 Å². The fourth-order valence-electron chi connectivity index (χ4n) is 3.04. The van der Waals surface area contributed by atoms with Crippen LogP contribution < -0.4 is 10.2 Å². The third-order valence-corrected chi connectivity index (χ3v) is 5.35. The van der Waals surface area contributed by atoms with E-state index in [-0.39, 0.29) is 11.9 Å². The maximum atomic E-state index is 12.5. The number of nitrogens with zero attached hydrogens (tertiary/aromatic N) is 3. The molecule has 1 amide bonds. The Morgan fingerprint density at radius 2 is 2.17 bits per heavy atom. The Hall–Kier alpha value is -1.92. The molecule has 0 spiro atoms. The lowest BCUT2D eigenvalue weighted by Crippen LogP contribution is -2.36. The molecule has 1 aliphatic heterocycles. The molecule has 128 valence electrons. The predicted molar refractivity (Wildman–Crippen MR) is 98.8 cm³/mol. The first-order chi connectivity index (χ1) is 11.6. The van der Waals surface area contributed by atoms with Gasteiger partial charge >= 0.3 is 0 Å². The summed E-state index contributed by atoms with van der Waals surface area (Å²) in [7, 11) is 3.84. The number of carbonyl (C=O) groups is 1. The number of hydrogen-bond acceptors (Lipinski definition) is 5. The van der Waals surface area contributed by atoms with Gasteiger partial charge in [0.15, 0.2) is 0 Å². The maximum absolute atomic E-state index is 12.5. The lowest BCUT2D eigenvalue weighted by molar-refractivity contribution is 0.0938. The molecule has 6 heteroatoms. The van der Waals surface area contributed by atoms with Crippen LogP contribution in [0.1, 0.15) is 34.1 Å². The molecule has 0 aliphatic carbocycles. The normalized spacial score (nSPS) is 16.1. The van der Waals surface area contributed by atoms with Crippen LogP contribution in [0.2, 0.25) is 0 Å². The van der Waals surface area contributed by atoms with Crippen LogP contribution >= 0.6 is 11.3 Å². The highest BCUT2D eigenvalue weighted by atomic mass is 32.1. The van der Waals surface area contributed by atoms with Crippen molar-refractivity contribution in [2.24, 2.45) is 0 Å². The van der Waals surface area contributed by atoms with Crippen molar-refractivity contribution in [1.29, 1.82) is 0 Å². The maximum Gasteiger partial charge on any atom is 0.251 e. The van der Waals surface area contributed by atoms with Gasteiger partial charge in [-0.05, 0) is 49.5 Å².